The van der Waals surface area contributed by atoms with Gasteiger partial charge in [0.1, 0.15) is 22.3 Å². The fourth-order valence-corrected chi connectivity index (χ4v) is 13.2. The first-order valence-corrected chi connectivity index (χ1v) is 24.8. The van der Waals surface area contributed by atoms with Gasteiger partial charge in [-0.25, -0.2) is 0 Å². The van der Waals surface area contributed by atoms with Crippen LogP contribution in [-0.2, 0) is 53.6 Å². The first-order chi connectivity index (χ1) is 32.4. The SMILES string of the molecule is CC(C)(C)c1cc(Oc2[c-]c(-c3nccc4oc5c6ccc7c(c6ccc5c34)C(C)(C)CC7(C)C)cc(C(C)(C)C)c2)[c-]c(-c2nccc3oc4c5ccc6c(c5ccc4c23)C(C)(C)CC6(C)C)c1.[Pt+2]. The summed E-state index contributed by atoms with van der Waals surface area (Å²) in [5.41, 5.74) is 14.6. The van der Waals surface area contributed by atoms with E-state index in [1.54, 1.807) is 0 Å². The fourth-order valence-electron chi connectivity index (χ4n) is 13.2. The number of aromatic nitrogens is 2. The minimum absolute atomic E-state index is 0. The third-order valence-electron chi connectivity index (χ3n) is 15.8. The van der Waals surface area contributed by atoms with Gasteiger partial charge in [-0.3, -0.25) is 0 Å². The maximum atomic E-state index is 7.00. The van der Waals surface area contributed by atoms with Crippen LogP contribution >= 0.6 is 0 Å². The normalized spacial score (nSPS) is 16.9. The molecule has 0 saturated heterocycles. The smallest absolute Gasteiger partial charge is 0.497 e. The van der Waals surface area contributed by atoms with Crippen LogP contribution in [0.5, 0.6) is 11.5 Å². The van der Waals surface area contributed by atoms with Gasteiger partial charge in [0, 0.05) is 56.2 Å². The van der Waals surface area contributed by atoms with Crippen LogP contribution < -0.4 is 4.74 Å². The molecule has 4 heterocycles. The molecular weight excluding hydrogens is 1040 g/mol. The zero-order valence-electron chi connectivity index (χ0n) is 43.1. The summed E-state index contributed by atoms with van der Waals surface area (Å²) in [7, 11) is 0. The van der Waals surface area contributed by atoms with Crippen molar-refractivity contribution in [2.45, 2.75) is 142 Å². The zero-order valence-corrected chi connectivity index (χ0v) is 45.4. The Hall–Kier alpha value is -5.77. The number of fused-ring (bicyclic) bond motifs is 14. The number of hydrogen-bond acceptors (Lipinski definition) is 5. The van der Waals surface area contributed by atoms with Gasteiger partial charge in [-0.15, -0.1) is 34.4 Å². The molecule has 0 fully saturated rings. The quantitative estimate of drug-likeness (QED) is 0.164. The number of nitrogens with zero attached hydrogens (tertiary/aromatic N) is 2. The maximum absolute atomic E-state index is 7.00. The van der Waals surface area contributed by atoms with Crippen LogP contribution in [0.1, 0.15) is 143 Å². The first-order valence-electron chi connectivity index (χ1n) is 24.8. The summed E-state index contributed by atoms with van der Waals surface area (Å²) < 4.78 is 20.7. The van der Waals surface area contributed by atoms with E-state index in [-0.39, 0.29) is 53.6 Å². The summed E-state index contributed by atoms with van der Waals surface area (Å²) in [5, 5.41) is 8.85. The number of ether oxygens (including phenoxy) is 1. The van der Waals surface area contributed by atoms with E-state index in [0.29, 0.717) is 11.5 Å². The molecule has 0 amide bonds. The van der Waals surface area contributed by atoms with E-state index in [1.807, 2.05) is 24.5 Å². The molecule has 5 nitrogen and oxygen atoms in total. The van der Waals surface area contributed by atoms with E-state index in [4.69, 9.17) is 23.5 Å². The topological polar surface area (TPSA) is 61.3 Å². The van der Waals surface area contributed by atoms with E-state index >= 15 is 0 Å². The summed E-state index contributed by atoms with van der Waals surface area (Å²) in [5.74, 6) is 1.18. The molecule has 12 rings (SSSR count). The molecule has 0 aliphatic heterocycles. The van der Waals surface area contributed by atoms with Crippen LogP contribution in [-0.4, -0.2) is 9.97 Å². The number of furan rings is 2. The fraction of sp³-hybridized carbons (Fsp3) is 0.344. The largest absolute Gasteiger partial charge is 2.00 e. The molecule has 0 spiro atoms. The summed E-state index contributed by atoms with van der Waals surface area (Å²) >= 11 is 0. The molecule has 356 valence electrons. The van der Waals surface area contributed by atoms with Gasteiger partial charge in [0.2, 0.25) is 0 Å². The molecule has 0 atom stereocenters. The predicted octanol–water partition coefficient (Wildman–Crippen LogP) is 17.8. The van der Waals surface area contributed by atoms with E-state index in [0.717, 1.165) is 101 Å². The molecule has 70 heavy (non-hydrogen) atoms. The average Bonchev–Trinajstić information content (AvgIpc) is 3.96. The van der Waals surface area contributed by atoms with Crippen molar-refractivity contribution in [2.24, 2.45) is 0 Å². The van der Waals surface area contributed by atoms with E-state index in [1.165, 1.54) is 33.0 Å². The second kappa shape index (κ2) is 15.1. The Labute approximate surface area is 426 Å². The average molecular weight is 1100 g/mol. The molecule has 4 aromatic heterocycles. The van der Waals surface area contributed by atoms with E-state index < -0.39 is 0 Å². The molecule has 0 saturated carbocycles. The van der Waals surface area contributed by atoms with Crippen molar-refractivity contribution in [2.75, 3.05) is 0 Å². The summed E-state index contributed by atoms with van der Waals surface area (Å²) in [6.45, 7) is 32.4. The Kier molecular flexibility index (Phi) is 10.1. The molecule has 0 unspecified atom stereocenters. The predicted molar refractivity (Wildman–Crippen MR) is 285 cm³/mol. The van der Waals surface area contributed by atoms with Gasteiger partial charge < -0.3 is 23.5 Å². The molecule has 0 N–H and O–H groups in total. The third kappa shape index (κ3) is 7.03. The number of pyridine rings is 2. The Bertz CT molecular complexity index is 3600. The van der Waals surface area contributed by atoms with Crippen LogP contribution in [0.3, 0.4) is 0 Å². The van der Waals surface area contributed by atoms with Gasteiger partial charge in [-0.1, -0.05) is 170 Å². The van der Waals surface area contributed by atoms with Gasteiger partial charge in [0.25, 0.3) is 0 Å². The van der Waals surface area contributed by atoms with Crippen molar-refractivity contribution in [3.8, 4) is 34.0 Å². The molecule has 0 bridgehead atoms. The Morgan fingerprint density at radius 1 is 0.471 bits per heavy atom. The van der Waals surface area contributed by atoms with Gasteiger partial charge >= 0.3 is 21.1 Å². The van der Waals surface area contributed by atoms with Gasteiger partial charge in [0.15, 0.2) is 0 Å². The third-order valence-corrected chi connectivity index (χ3v) is 15.8. The van der Waals surface area contributed by atoms with Crippen molar-refractivity contribution >= 4 is 65.4 Å². The Morgan fingerprint density at radius 2 is 0.843 bits per heavy atom. The van der Waals surface area contributed by atoms with Crippen molar-refractivity contribution in [1.82, 2.24) is 9.97 Å². The zero-order chi connectivity index (χ0) is 48.5. The molecular formula is C64H62N2O3Pt. The molecule has 10 aromatic rings. The number of benzene rings is 6. The molecule has 6 heteroatoms. The van der Waals surface area contributed by atoms with E-state index in [2.05, 4.69) is 182 Å². The van der Waals surface area contributed by atoms with Crippen molar-refractivity contribution in [3.05, 3.63) is 143 Å². The summed E-state index contributed by atoms with van der Waals surface area (Å²) in [4.78, 5) is 10.2. The molecule has 6 aromatic carbocycles. The van der Waals surface area contributed by atoms with Crippen LogP contribution in [0.25, 0.3) is 87.9 Å². The van der Waals surface area contributed by atoms with Crippen LogP contribution in [0, 0.1) is 12.1 Å². The molecule has 2 aliphatic carbocycles. The second-order valence-corrected chi connectivity index (χ2v) is 25.1. The van der Waals surface area contributed by atoms with E-state index in [9.17, 15) is 0 Å². The van der Waals surface area contributed by atoms with Crippen molar-refractivity contribution in [3.63, 3.8) is 0 Å². The monoisotopic (exact) mass is 1100 g/mol. The standard InChI is InChI=1S/C64H62N2O3.Pt/c1-59(2,3)37-27-35(55-51-45-17-15-41-43(57(45)68-49(51)23-25-65-55)19-21-47-53(41)63(11,12)33-61(47,7)8)29-39(31-37)67-40-30-36(28-38(32-40)60(4,5)6)56-52-46-18-16-42-44(58(46)69-50(52)24-26-66-56)20-22-48-54(42)64(13,14)34-62(48,9)10;/h15-28,31-32H,33-34H2,1-14H3;/q-2;+2. The molecule has 2 aliphatic rings. The van der Waals surface area contributed by atoms with Crippen LogP contribution in [0.4, 0.5) is 0 Å². The van der Waals surface area contributed by atoms with Crippen molar-refractivity contribution in [1.29, 1.82) is 0 Å². The summed E-state index contributed by atoms with van der Waals surface area (Å²) in [6.07, 6.45) is 5.91. The second-order valence-electron chi connectivity index (χ2n) is 25.1. The Morgan fingerprint density at radius 3 is 1.23 bits per heavy atom. The van der Waals surface area contributed by atoms with Gasteiger partial charge in [-0.05, 0) is 102 Å². The molecule has 0 radical (unpaired) electrons. The minimum atomic E-state index is -0.203. The first kappa shape index (κ1) is 46.6. The maximum Gasteiger partial charge on any atom is 2.00 e. The number of hydrogen-bond donors (Lipinski definition) is 0. The van der Waals surface area contributed by atoms with Crippen LogP contribution in [0.2, 0.25) is 0 Å². The number of rotatable bonds is 4. The Balaban J connectivity index is 0.00000533. The van der Waals surface area contributed by atoms with Crippen molar-refractivity contribution < 1.29 is 34.6 Å². The summed E-state index contributed by atoms with van der Waals surface area (Å²) in [6, 6.07) is 38.3. The van der Waals surface area contributed by atoms with Gasteiger partial charge in [0.05, 0.1) is 0 Å². The minimum Gasteiger partial charge on any atom is -0.497 e. The van der Waals surface area contributed by atoms with Gasteiger partial charge in [-0.2, -0.15) is 0 Å². The van der Waals surface area contributed by atoms with Crippen LogP contribution in [0.15, 0.2) is 106 Å².